The molecule has 2 heterocycles. The topological polar surface area (TPSA) is 56.7 Å². The average molecular weight is 242 g/mol. The standard InChI is InChI=1S/C14H18N4/c1-10-7-14-16-13(17-18(14)9-12(10)15)8-11-5-3-2-4-6-11/h2-6,10,12H,7-9,15H2,1H3. The van der Waals surface area contributed by atoms with Gasteiger partial charge >= 0.3 is 0 Å². The van der Waals surface area contributed by atoms with E-state index >= 15 is 0 Å². The number of hydrogen-bond acceptors (Lipinski definition) is 3. The van der Waals surface area contributed by atoms with Crippen LogP contribution in [0.4, 0.5) is 0 Å². The Balaban J connectivity index is 1.82. The summed E-state index contributed by atoms with van der Waals surface area (Å²) in [7, 11) is 0. The Kier molecular flexibility index (Phi) is 2.88. The summed E-state index contributed by atoms with van der Waals surface area (Å²) in [6.07, 6.45) is 1.73. The molecule has 2 N–H and O–H groups in total. The third kappa shape index (κ3) is 2.16. The van der Waals surface area contributed by atoms with Crippen LogP contribution in [0.5, 0.6) is 0 Å². The first-order chi connectivity index (χ1) is 8.72. The molecule has 18 heavy (non-hydrogen) atoms. The summed E-state index contributed by atoms with van der Waals surface area (Å²) in [5.41, 5.74) is 7.31. The number of nitrogens with two attached hydrogens (primary N) is 1. The molecule has 2 aromatic rings. The van der Waals surface area contributed by atoms with Gasteiger partial charge in [-0.3, -0.25) is 0 Å². The molecule has 0 spiro atoms. The second kappa shape index (κ2) is 4.53. The highest BCUT2D eigenvalue weighted by molar-refractivity contribution is 5.19. The lowest BCUT2D eigenvalue weighted by molar-refractivity contribution is 0.330. The van der Waals surface area contributed by atoms with Crippen molar-refractivity contribution in [3.05, 3.63) is 47.5 Å². The van der Waals surface area contributed by atoms with Gasteiger partial charge in [0, 0.05) is 18.9 Å². The van der Waals surface area contributed by atoms with Crippen molar-refractivity contribution < 1.29 is 0 Å². The van der Waals surface area contributed by atoms with Gasteiger partial charge in [-0.25, -0.2) is 9.67 Å². The van der Waals surface area contributed by atoms with Crippen LogP contribution in [0, 0.1) is 5.92 Å². The van der Waals surface area contributed by atoms with Gasteiger partial charge in [0.1, 0.15) is 5.82 Å². The molecule has 1 aromatic heterocycles. The fraction of sp³-hybridized carbons (Fsp3) is 0.429. The summed E-state index contributed by atoms with van der Waals surface area (Å²) in [6, 6.07) is 10.5. The second-order valence-electron chi connectivity index (χ2n) is 5.13. The van der Waals surface area contributed by atoms with Crippen LogP contribution in [-0.4, -0.2) is 20.8 Å². The van der Waals surface area contributed by atoms with Crippen molar-refractivity contribution in [3.8, 4) is 0 Å². The van der Waals surface area contributed by atoms with Gasteiger partial charge in [-0.1, -0.05) is 37.3 Å². The van der Waals surface area contributed by atoms with Crippen molar-refractivity contribution in [2.45, 2.75) is 32.4 Å². The van der Waals surface area contributed by atoms with Gasteiger partial charge in [-0.05, 0) is 11.5 Å². The fourth-order valence-corrected chi connectivity index (χ4v) is 2.40. The number of nitrogens with zero attached hydrogens (tertiary/aromatic N) is 3. The Bertz CT molecular complexity index is 504. The van der Waals surface area contributed by atoms with Crippen LogP contribution >= 0.6 is 0 Å². The molecule has 0 saturated heterocycles. The monoisotopic (exact) mass is 242 g/mol. The van der Waals surface area contributed by atoms with Crippen LogP contribution in [0.3, 0.4) is 0 Å². The normalized spacial score (nSPS) is 22.8. The maximum Gasteiger partial charge on any atom is 0.155 e. The Hall–Kier alpha value is -1.68. The highest BCUT2D eigenvalue weighted by Crippen LogP contribution is 2.18. The molecule has 0 amide bonds. The number of hydrogen-bond donors (Lipinski definition) is 1. The Morgan fingerprint density at radius 3 is 2.89 bits per heavy atom. The van der Waals surface area contributed by atoms with E-state index < -0.39 is 0 Å². The largest absolute Gasteiger partial charge is 0.326 e. The maximum atomic E-state index is 6.07. The van der Waals surface area contributed by atoms with E-state index in [1.807, 2.05) is 22.9 Å². The minimum Gasteiger partial charge on any atom is -0.326 e. The smallest absolute Gasteiger partial charge is 0.155 e. The second-order valence-corrected chi connectivity index (χ2v) is 5.13. The van der Waals surface area contributed by atoms with Crippen LogP contribution in [-0.2, 0) is 19.4 Å². The molecular formula is C14H18N4. The van der Waals surface area contributed by atoms with E-state index in [-0.39, 0.29) is 6.04 Å². The summed E-state index contributed by atoms with van der Waals surface area (Å²) in [6.45, 7) is 2.97. The zero-order valence-electron chi connectivity index (χ0n) is 10.6. The van der Waals surface area contributed by atoms with Gasteiger partial charge in [-0.15, -0.1) is 0 Å². The van der Waals surface area contributed by atoms with E-state index in [0.29, 0.717) is 5.92 Å². The quantitative estimate of drug-likeness (QED) is 0.865. The van der Waals surface area contributed by atoms with E-state index in [0.717, 1.165) is 31.0 Å². The molecule has 0 bridgehead atoms. The van der Waals surface area contributed by atoms with Gasteiger partial charge in [0.25, 0.3) is 0 Å². The summed E-state index contributed by atoms with van der Waals surface area (Å²) in [5.74, 6) is 2.47. The van der Waals surface area contributed by atoms with Crippen LogP contribution < -0.4 is 5.73 Å². The van der Waals surface area contributed by atoms with Crippen molar-refractivity contribution in [1.29, 1.82) is 0 Å². The lowest BCUT2D eigenvalue weighted by Gasteiger charge is -2.25. The molecule has 1 aliphatic heterocycles. The first kappa shape index (κ1) is 11.4. The Morgan fingerprint density at radius 2 is 2.11 bits per heavy atom. The molecule has 1 aromatic carbocycles. The zero-order valence-corrected chi connectivity index (χ0v) is 10.6. The molecule has 0 aliphatic carbocycles. The molecule has 4 heteroatoms. The molecule has 3 rings (SSSR count). The molecule has 0 saturated carbocycles. The fourth-order valence-electron chi connectivity index (χ4n) is 2.40. The summed E-state index contributed by atoms with van der Waals surface area (Å²) < 4.78 is 1.98. The number of aromatic nitrogens is 3. The van der Waals surface area contributed by atoms with Crippen molar-refractivity contribution in [2.75, 3.05) is 0 Å². The number of benzene rings is 1. The zero-order chi connectivity index (χ0) is 12.5. The van der Waals surface area contributed by atoms with Crippen LogP contribution in [0.1, 0.15) is 24.1 Å². The van der Waals surface area contributed by atoms with Crippen LogP contribution in [0.25, 0.3) is 0 Å². The molecule has 1 aliphatic rings. The van der Waals surface area contributed by atoms with Gasteiger partial charge in [0.15, 0.2) is 5.82 Å². The SMILES string of the molecule is CC1Cc2nc(Cc3ccccc3)nn2CC1N. The highest BCUT2D eigenvalue weighted by atomic mass is 15.4. The Labute approximate surface area is 107 Å². The molecule has 2 atom stereocenters. The van der Waals surface area contributed by atoms with E-state index in [1.54, 1.807) is 0 Å². The minimum absolute atomic E-state index is 0.198. The Morgan fingerprint density at radius 1 is 1.33 bits per heavy atom. The first-order valence-electron chi connectivity index (χ1n) is 6.44. The van der Waals surface area contributed by atoms with Gasteiger partial charge in [-0.2, -0.15) is 5.10 Å². The average Bonchev–Trinajstić information content (AvgIpc) is 2.72. The number of rotatable bonds is 2. The predicted molar refractivity (Wildman–Crippen MR) is 70.1 cm³/mol. The summed E-state index contributed by atoms with van der Waals surface area (Å²) in [5, 5.41) is 4.56. The molecular weight excluding hydrogens is 224 g/mol. The molecule has 4 nitrogen and oxygen atoms in total. The lowest BCUT2D eigenvalue weighted by Crippen LogP contribution is -2.39. The predicted octanol–water partition coefficient (Wildman–Crippen LogP) is 1.39. The number of fused-ring (bicyclic) bond motifs is 1. The molecule has 94 valence electrons. The molecule has 0 fully saturated rings. The minimum atomic E-state index is 0.198. The van der Waals surface area contributed by atoms with Crippen molar-refractivity contribution in [3.63, 3.8) is 0 Å². The maximum absolute atomic E-state index is 6.07. The van der Waals surface area contributed by atoms with Gasteiger partial charge in [0.05, 0.1) is 6.54 Å². The molecule has 2 unspecified atom stereocenters. The van der Waals surface area contributed by atoms with Gasteiger partial charge in [0.2, 0.25) is 0 Å². The lowest BCUT2D eigenvalue weighted by atomic mass is 9.96. The van der Waals surface area contributed by atoms with Crippen molar-refractivity contribution in [2.24, 2.45) is 11.7 Å². The van der Waals surface area contributed by atoms with Crippen LogP contribution in [0.2, 0.25) is 0 Å². The first-order valence-corrected chi connectivity index (χ1v) is 6.44. The van der Waals surface area contributed by atoms with Crippen molar-refractivity contribution >= 4 is 0 Å². The van der Waals surface area contributed by atoms with E-state index in [1.165, 1.54) is 5.56 Å². The van der Waals surface area contributed by atoms with E-state index in [4.69, 9.17) is 5.73 Å². The summed E-state index contributed by atoms with van der Waals surface area (Å²) >= 11 is 0. The third-order valence-corrected chi connectivity index (χ3v) is 3.62. The summed E-state index contributed by atoms with van der Waals surface area (Å²) in [4.78, 5) is 4.63. The third-order valence-electron chi connectivity index (χ3n) is 3.62. The van der Waals surface area contributed by atoms with E-state index in [2.05, 4.69) is 29.1 Å². The molecule has 0 radical (unpaired) electrons. The van der Waals surface area contributed by atoms with Gasteiger partial charge < -0.3 is 5.73 Å². The van der Waals surface area contributed by atoms with Crippen molar-refractivity contribution in [1.82, 2.24) is 14.8 Å². The van der Waals surface area contributed by atoms with E-state index in [9.17, 15) is 0 Å². The highest BCUT2D eigenvalue weighted by Gasteiger charge is 2.24. The van der Waals surface area contributed by atoms with Crippen LogP contribution in [0.15, 0.2) is 30.3 Å².